The molecule has 1 amide bonds. The SMILES string of the molecule is CCOc1ccccc1C(=O)N1CCN(c2ccc(Br)c(C)n2)CC1. The zero-order valence-electron chi connectivity index (χ0n) is 14.5. The van der Waals surface area contributed by atoms with Crippen molar-refractivity contribution in [3.8, 4) is 5.75 Å². The van der Waals surface area contributed by atoms with Gasteiger partial charge in [0, 0.05) is 30.7 Å². The quantitative estimate of drug-likeness (QED) is 0.783. The number of amides is 1. The van der Waals surface area contributed by atoms with Crippen molar-refractivity contribution in [2.24, 2.45) is 0 Å². The van der Waals surface area contributed by atoms with Gasteiger partial charge < -0.3 is 14.5 Å². The highest BCUT2D eigenvalue weighted by Gasteiger charge is 2.24. The summed E-state index contributed by atoms with van der Waals surface area (Å²) in [6.07, 6.45) is 0. The number of carbonyl (C=O) groups is 1. The number of nitrogens with zero attached hydrogens (tertiary/aromatic N) is 3. The molecule has 1 fully saturated rings. The highest BCUT2D eigenvalue weighted by atomic mass is 79.9. The molecule has 0 N–H and O–H groups in total. The van der Waals surface area contributed by atoms with Crippen LogP contribution in [0.15, 0.2) is 40.9 Å². The van der Waals surface area contributed by atoms with Crippen molar-refractivity contribution in [2.45, 2.75) is 13.8 Å². The maximum atomic E-state index is 12.8. The highest BCUT2D eigenvalue weighted by molar-refractivity contribution is 9.10. The van der Waals surface area contributed by atoms with Crippen molar-refractivity contribution in [1.29, 1.82) is 0 Å². The molecule has 0 unspecified atom stereocenters. The smallest absolute Gasteiger partial charge is 0.257 e. The second kappa shape index (κ2) is 7.87. The van der Waals surface area contributed by atoms with Crippen LogP contribution in [0.4, 0.5) is 5.82 Å². The Kier molecular flexibility index (Phi) is 5.58. The molecule has 5 nitrogen and oxygen atoms in total. The maximum Gasteiger partial charge on any atom is 0.257 e. The molecule has 0 radical (unpaired) electrons. The Bertz CT molecular complexity index is 758. The number of pyridine rings is 1. The summed E-state index contributed by atoms with van der Waals surface area (Å²) in [7, 11) is 0. The van der Waals surface area contributed by atoms with Crippen LogP contribution in [-0.2, 0) is 0 Å². The monoisotopic (exact) mass is 403 g/mol. The summed E-state index contributed by atoms with van der Waals surface area (Å²) < 4.78 is 6.60. The number of rotatable bonds is 4. The van der Waals surface area contributed by atoms with Gasteiger partial charge in [-0.3, -0.25) is 4.79 Å². The van der Waals surface area contributed by atoms with Gasteiger partial charge in [-0.15, -0.1) is 0 Å². The average molecular weight is 404 g/mol. The van der Waals surface area contributed by atoms with Crippen LogP contribution in [0.5, 0.6) is 5.75 Å². The Balaban J connectivity index is 1.68. The van der Waals surface area contributed by atoms with Gasteiger partial charge in [0.2, 0.25) is 0 Å². The molecule has 25 heavy (non-hydrogen) atoms. The van der Waals surface area contributed by atoms with E-state index in [-0.39, 0.29) is 5.91 Å². The van der Waals surface area contributed by atoms with Gasteiger partial charge in [-0.25, -0.2) is 4.98 Å². The minimum atomic E-state index is 0.0312. The molecule has 132 valence electrons. The summed E-state index contributed by atoms with van der Waals surface area (Å²) in [4.78, 5) is 21.6. The topological polar surface area (TPSA) is 45.7 Å². The van der Waals surface area contributed by atoms with E-state index in [1.165, 1.54) is 0 Å². The van der Waals surface area contributed by atoms with Crippen molar-refractivity contribution in [1.82, 2.24) is 9.88 Å². The fraction of sp³-hybridized carbons (Fsp3) is 0.368. The molecule has 1 aliphatic rings. The number of benzene rings is 1. The Morgan fingerprint density at radius 1 is 1.16 bits per heavy atom. The fourth-order valence-electron chi connectivity index (χ4n) is 2.94. The van der Waals surface area contributed by atoms with Crippen molar-refractivity contribution in [2.75, 3.05) is 37.7 Å². The van der Waals surface area contributed by atoms with E-state index < -0.39 is 0 Å². The molecular weight excluding hydrogens is 382 g/mol. The Morgan fingerprint density at radius 2 is 1.88 bits per heavy atom. The molecule has 1 aromatic heterocycles. The molecule has 1 saturated heterocycles. The third-order valence-corrected chi connectivity index (χ3v) is 5.15. The molecule has 2 heterocycles. The van der Waals surface area contributed by atoms with E-state index >= 15 is 0 Å². The Hall–Kier alpha value is -2.08. The summed E-state index contributed by atoms with van der Waals surface area (Å²) in [5.41, 5.74) is 1.61. The normalized spacial score (nSPS) is 14.5. The maximum absolute atomic E-state index is 12.8. The first-order chi connectivity index (χ1) is 12.1. The van der Waals surface area contributed by atoms with Gasteiger partial charge in [0.15, 0.2) is 0 Å². The summed E-state index contributed by atoms with van der Waals surface area (Å²) in [6, 6.07) is 11.5. The molecular formula is C19H22BrN3O2. The molecule has 0 bridgehead atoms. The van der Waals surface area contributed by atoms with Crippen LogP contribution in [0.3, 0.4) is 0 Å². The second-order valence-corrected chi connectivity index (χ2v) is 6.80. The lowest BCUT2D eigenvalue weighted by Crippen LogP contribution is -2.49. The minimum absolute atomic E-state index is 0.0312. The van der Waals surface area contributed by atoms with E-state index in [0.717, 1.165) is 29.1 Å². The highest BCUT2D eigenvalue weighted by Crippen LogP contribution is 2.23. The van der Waals surface area contributed by atoms with E-state index in [0.29, 0.717) is 31.0 Å². The van der Waals surface area contributed by atoms with Crippen LogP contribution in [0, 0.1) is 6.92 Å². The molecule has 0 saturated carbocycles. The van der Waals surface area contributed by atoms with Crippen LogP contribution in [0.25, 0.3) is 0 Å². The number of hydrogen-bond donors (Lipinski definition) is 0. The first-order valence-electron chi connectivity index (χ1n) is 8.49. The second-order valence-electron chi connectivity index (χ2n) is 5.95. The molecule has 6 heteroatoms. The first-order valence-corrected chi connectivity index (χ1v) is 9.28. The zero-order valence-corrected chi connectivity index (χ0v) is 16.1. The molecule has 2 aromatic rings. The number of anilines is 1. The predicted molar refractivity (Wildman–Crippen MR) is 102 cm³/mol. The van der Waals surface area contributed by atoms with Gasteiger partial charge in [0.1, 0.15) is 11.6 Å². The fourth-order valence-corrected chi connectivity index (χ4v) is 3.16. The van der Waals surface area contributed by atoms with E-state index in [1.54, 1.807) is 0 Å². The number of aromatic nitrogens is 1. The number of carbonyl (C=O) groups excluding carboxylic acids is 1. The Labute approximate surface area is 156 Å². The number of halogens is 1. The van der Waals surface area contributed by atoms with Crippen LogP contribution in [0.1, 0.15) is 23.0 Å². The third-order valence-electron chi connectivity index (χ3n) is 4.31. The largest absolute Gasteiger partial charge is 0.493 e. The molecule has 1 aromatic carbocycles. The standard InChI is InChI=1S/C19H22BrN3O2/c1-3-25-17-7-5-4-6-15(17)19(24)23-12-10-22(11-13-23)18-9-8-16(20)14(2)21-18/h4-9H,3,10-13H2,1-2H3. The van der Waals surface area contributed by atoms with Crippen molar-refractivity contribution in [3.63, 3.8) is 0 Å². The number of aryl methyl sites for hydroxylation is 1. The van der Waals surface area contributed by atoms with Gasteiger partial charge in [0.25, 0.3) is 5.91 Å². The van der Waals surface area contributed by atoms with E-state index in [1.807, 2.05) is 55.1 Å². The van der Waals surface area contributed by atoms with E-state index in [2.05, 4.69) is 25.8 Å². The van der Waals surface area contributed by atoms with Crippen LogP contribution in [-0.4, -0.2) is 48.6 Å². The van der Waals surface area contributed by atoms with Gasteiger partial charge in [0.05, 0.1) is 17.9 Å². The van der Waals surface area contributed by atoms with E-state index in [9.17, 15) is 4.79 Å². The third kappa shape index (κ3) is 3.95. The van der Waals surface area contributed by atoms with Gasteiger partial charge in [-0.1, -0.05) is 12.1 Å². The van der Waals surface area contributed by atoms with Crippen LogP contribution >= 0.6 is 15.9 Å². The Morgan fingerprint density at radius 3 is 2.56 bits per heavy atom. The predicted octanol–water partition coefficient (Wildman–Crippen LogP) is 3.51. The lowest BCUT2D eigenvalue weighted by Gasteiger charge is -2.35. The van der Waals surface area contributed by atoms with E-state index in [4.69, 9.17) is 4.74 Å². The van der Waals surface area contributed by atoms with Crippen molar-refractivity contribution < 1.29 is 9.53 Å². The zero-order chi connectivity index (χ0) is 17.8. The molecule has 0 atom stereocenters. The average Bonchev–Trinajstić information content (AvgIpc) is 2.64. The molecule has 1 aliphatic heterocycles. The lowest BCUT2D eigenvalue weighted by atomic mass is 10.1. The van der Waals surface area contributed by atoms with Crippen LogP contribution in [0.2, 0.25) is 0 Å². The molecule has 0 aliphatic carbocycles. The minimum Gasteiger partial charge on any atom is -0.493 e. The number of para-hydroxylation sites is 1. The summed E-state index contributed by atoms with van der Waals surface area (Å²) in [6.45, 7) is 7.36. The van der Waals surface area contributed by atoms with Crippen molar-refractivity contribution in [3.05, 3.63) is 52.1 Å². The number of ether oxygens (including phenoxy) is 1. The molecule has 3 rings (SSSR count). The van der Waals surface area contributed by atoms with Gasteiger partial charge in [-0.05, 0) is 54.0 Å². The number of piperazine rings is 1. The summed E-state index contributed by atoms with van der Waals surface area (Å²) in [5.74, 6) is 1.65. The molecule has 0 spiro atoms. The summed E-state index contributed by atoms with van der Waals surface area (Å²) >= 11 is 3.48. The van der Waals surface area contributed by atoms with Gasteiger partial charge >= 0.3 is 0 Å². The van der Waals surface area contributed by atoms with Gasteiger partial charge in [-0.2, -0.15) is 0 Å². The number of hydrogen-bond acceptors (Lipinski definition) is 4. The van der Waals surface area contributed by atoms with Crippen LogP contribution < -0.4 is 9.64 Å². The summed E-state index contributed by atoms with van der Waals surface area (Å²) in [5, 5.41) is 0. The lowest BCUT2D eigenvalue weighted by molar-refractivity contribution is 0.0742. The van der Waals surface area contributed by atoms with Crippen molar-refractivity contribution >= 4 is 27.7 Å². The first kappa shape index (κ1) is 17.7.